The molecule has 1 unspecified atom stereocenters. The van der Waals surface area contributed by atoms with Gasteiger partial charge in [0.1, 0.15) is 11.6 Å². The maximum Gasteiger partial charge on any atom is 0.341 e. The minimum Gasteiger partial charge on any atom is -0.482 e. The second-order valence-electron chi connectivity index (χ2n) is 5.90. The Morgan fingerprint density at radius 1 is 1.19 bits per heavy atom. The first-order valence-electron chi connectivity index (χ1n) is 8.14. The zero-order chi connectivity index (χ0) is 19.4. The Balaban J connectivity index is 1.82. The Morgan fingerprint density at radius 2 is 1.85 bits per heavy atom. The fourth-order valence-electron chi connectivity index (χ4n) is 2.81. The van der Waals surface area contributed by atoms with Gasteiger partial charge in [-0.3, -0.25) is 4.79 Å². The molecule has 0 spiro atoms. The largest absolute Gasteiger partial charge is 0.482 e. The molecule has 6 nitrogen and oxygen atoms in total. The van der Waals surface area contributed by atoms with Crippen molar-refractivity contribution in [3.63, 3.8) is 0 Å². The van der Waals surface area contributed by atoms with E-state index in [0.717, 1.165) is 21.3 Å². The maximum absolute atomic E-state index is 12.3. The quantitative estimate of drug-likeness (QED) is 0.677. The number of carboxylic acid groups (broad SMARTS) is 1. The molecule has 0 fully saturated rings. The second-order valence-corrected chi connectivity index (χ2v) is 7.08. The first-order valence-corrected chi connectivity index (χ1v) is 9.46. The van der Waals surface area contributed by atoms with Gasteiger partial charge in [0.25, 0.3) is 5.91 Å². The van der Waals surface area contributed by atoms with E-state index in [9.17, 15) is 9.59 Å². The standard InChI is InChI=1S/C19H16BrClN2O4/c20-14-5-1-12(2-6-14)16-9-17(23(22-16)18(24)10-21)13-3-7-15(8-4-13)27-11-19(25)26/h1-8,17H,9-11H2,(H,25,26). The zero-order valence-corrected chi connectivity index (χ0v) is 16.5. The van der Waals surface area contributed by atoms with Crippen LogP contribution in [0.4, 0.5) is 0 Å². The van der Waals surface area contributed by atoms with Crippen LogP contribution in [0.15, 0.2) is 58.1 Å². The Bertz CT molecular complexity index is 868. The summed E-state index contributed by atoms with van der Waals surface area (Å²) in [7, 11) is 0. The van der Waals surface area contributed by atoms with Gasteiger partial charge in [-0.1, -0.05) is 40.2 Å². The van der Waals surface area contributed by atoms with Crippen LogP contribution in [0.1, 0.15) is 23.6 Å². The second kappa shape index (κ2) is 8.54. The number of alkyl halides is 1. The summed E-state index contributed by atoms with van der Waals surface area (Å²) in [5.41, 5.74) is 2.61. The lowest BCUT2D eigenvalue weighted by atomic mass is 9.98. The van der Waals surface area contributed by atoms with Crippen molar-refractivity contribution >= 4 is 45.1 Å². The topological polar surface area (TPSA) is 79.2 Å². The fraction of sp³-hybridized carbons (Fsp3) is 0.211. The molecule has 3 rings (SSSR count). The third-order valence-corrected chi connectivity index (χ3v) is 4.84. The summed E-state index contributed by atoms with van der Waals surface area (Å²) in [5, 5.41) is 14.6. The molecule has 8 heteroatoms. The third kappa shape index (κ3) is 4.67. The van der Waals surface area contributed by atoms with Gasteiger partial charge in [-0.05, 0) is 35.4 Å². The molecule has 2 aromatic rings. The van der Waals surface area contributed by atoms with E-state index in [0.29, 0.717) is 12.2 Å². The molecule has 1 amide bonds. The lowest BCUT2D eigenvalue weighted by Crippen LogP contribution is -2.27. The van der Waals surface area contributed by atoms with Gasteiger partial charge < -0.3 is 9.84 Å². The number of hydrogen-bond acceptors (Lipinski definition) is 4. The predicted molar refractivity (Wildman–Crippen MR) is 105 cm³/mol. The Morgan fingerprint density at radius 3 is 2.44 bits per heavy atom. The van der Waals surface area contributed by atoms with Gasteiger partial charge in [-0.2, -0.15) is 5.10 Å². The Kier molecular flexibility index (Phi) is 6.13. The van der Waals surface area contributed by atoms with E-state index in [1.807, 2.05) is 24.3 Å². The third-order valence-electron chi connectivity index (χ3n) is 4.08. The van der Waals surface area contributed by atoms with Crippen molar-refractivity contribution in [3.05, 3.63) is 64.1 Å². The number of rotatable bonds is 6. The number of amides is 1. The van der Waals surface area contributed by atoms with E-state index in [1.165, 1.54) is 5.01 Å². The molecule has 1 aliphatic rings. The van der Waals surface area contributed by atoms with Crippen LogP contribution >= 0.6 is 27.5 Å². The van der Waals surface area contributed by atoms with Gasteiger partial charge in [0, 0.05) is 10.9 Å². The number of carboxylic acids is 1. The van der Waals surface area contributed by atoms with E-state index < -0.39 is 12.6 Å². The molecular formula is C19H16BrClN2O4. The van der Waals surface area contributed by atoms with Gasteiger partial charge >= 0.3 is 5.97 Å². The van der Waals surface area contributed by atoms with Crippen molar-refractivity contribution in [2.45, 2.75) is 12.5 Å². The maximum atomic E-state index is 12.3. The van der Waals surface area contributed by atoms with Crippen molar-refractivity contribution in [2.24, 2.45) is 5.10 Å². The van der Waals surface area contributed by atoms with E-state index in [-0.39, 0.29) is 17.8 Å². The van der Waals surface area contributed by atoms with Crippen LogP contribution in [0.2, 0.25) is 0 Å². The highest BCUT2D eigenvalue weighted by molar-refractivity contribution is 9.10. The van der Waals surface area contributed by atoms with Crippen LogP contribution in [0, 0.1) is 0 Å². The minimum absolute atomic E-state index is 0.159. The molecule has 27 heavy (non-hydrogen) atoms. The van der Waals surface area contributed by atoms with Crippen LogP contribution in [0.3, 0.4) is 0 Å². The average Bonchev–Trinajstić information content (AvgIpc) is 3.12. The number of ether oxygens (including phenoxy) is 1. The first kappa shape index (κ1) is 19.4. The van der Waals surface area contributed by atoms with Crippen LogP contribution in [-0.2, 0) is 9.59 Å². The fourth-order valence-corrected chi connectivity index (χ4v) is 3.20. The lowest BCUT2D eigenvalue weighted by molar-refractivity contribution is -0.139. The van der Waals surface area contributed by atoms with Crippen molar-refractivity contribution in [1.29, 1.82) is 0 Å². The molecule has 0 aliphatic carbocycles. The highest BCUT2D eigenvalue weighted by atomic mass is 79.9. The van der Waals surface area contributed by atoms with E-state index in [1.54, 1.807) is 24.3 Å². The highest BCUT2D eigenvalue weighted by Crippen LogP contribution is 2.34. The molecule has 1 atom stereocenters. The Labute approximate surface area is 169 Å². The van der Waals surface area contributed by atoms with Crippen molar-refractivity contribution < 1.29 is 19.4 Å². The summed E-state index contributed by atoms with van der Waals surface area (Å²) in [6.07, 6.45) is 0.555. The number of benzene rings is 2. The van der Waals surface area contributed by atoms with E-state index >= 15 is 0 Å². The summed E-state index contributed by atoms with van der Waals surface area (Å²) in [5.74, 6) is -1.03. The molecule has 1 N–H and O–H groups in total. The summed E-state index contributed by atoms with van der Waals surface area (Å²) < 4.78 is 6.11. The molecule has 0 saturated heterocycles. The number of hydrazone groups is 1. The minimum atomic E-state index is -1.04. The molecule has 1 aliphatic heterocycles. The summed E-state index contributed by atoms with van der Waals surface area (Å²) in [6, 6.07) is 14.4. The van der Waals surface area contributed by atoms with Crippen LogP contribution in [0.25, 0.3) is 0 Å². The average molecular weight is 452 g/mol. The number of halogens is 2. The van der Waals surface area contributed by atoms with Gasteiger partial charge in [0.2, 0.25) is 0 Å². The number of carbonyl (C=O) groups excluding carboxylic acids is 1. The summed E-state index contributed by atoms with van der Waals surface area (Å²) in [6.45, 7) is -0.406. The molecule has 0 saturated carbocycles. The summed E-state index contributed by atoms with van der Waals surface area (Å²) in [4.78, 5) is 22.9. The van der Waals surface area contributed by atoms with E-state index in [4.69, 9.17) is 21.4 Å². The number of nitrogens with zero attached hydrogens (tertiary/aromatic N) is 2. The SMILES string of the molecule is O=C(O)COc1ccc(C2CC(c3ccc(Br)cc3)=NN2C(=O)CCl)cc1. The van der Waals surface area contributed by atoms with Crippen molar-refractivity contribution in [2.75, 3.05) is 12.5 Å². The van der Waals surface area contributed by atoms with Gasteiger partial charge in [0.15, 0.2) is 6.61 Å². The smallest absolute Gasteiger partial charge is 0.341 e. The van der Waals surface area contributed by atoms with Gasteiger partial charge in [-0.25, -0.2) is 9.80 Å². The number of carbonyl (C=O) groups is 2. The number of hydrogen-bond donors (Lipinski definition) is 1. The highest BCUT2D eigenvalue weighted by Gasteiger charge is 2.32. The van der Waals surface area contributed by atoms with Crippen LogP contribution in [0.5, 0.6) is 5.75 Å². The van der Waals surface area contributed by atoms with Crippen LogP contribution in [-0.4, -0.2) is 40.2 Å². The van der Waals surface area contributed by atoms with Gasteiger partial charge in [-0.15, -0.1) is 11.6 Å². The van der Waals surface area contributed by atoms with Crippen molar-refractivity contribution in [1.82, 2.24) is 5.01 Å². The molecule has 140 valence electrons. The normalized spacial score (nSPS) is 16.1. The van der Waals surface area contributed by atoms with Gasteiger partial charge in [0.05, 0.1) is 11.8 Å². The lowest BCUT2D eigenvalue weighted by Gasteiger charge is -2.21. The van der Waals surface area contributed by atoms with Crippen LogP contribution < -0.4 is 4.74 Å². The predicted octanol–water partition coefficient (Wildman–Crippen LogP) is 3.83. The molecule has 0 aromatic heterocycles. The summed E-state index contributed by atoms with van der Waals surface area (Å²) >= 11 is 9.16. The number of aliphatic carboxylic acids is 1. The van der Waals surface area contributed by atoms with E-state index in [2.05, 4.69) is 21.0 Å². The first-order chi connectivity index (χ1) is 13.0. The monoisotopic (exact) mass is 450 g/mol. The molecule has 2 aromatic carbocycles. The molecule has 1 heterocycles. The molecular weight excluding hydrogens is 436 g/mol. The molecule has 0 bridgehead atoms. The Hall–Kier alpha value is -2.38. The van der Waals surface area contributed by atoms with Crippen molar-refractivity contribution in [3.8, 4) is 5.75 Å². The zero-order valence-electron chi connectivity index (χ0n) is 14.1. The molecule has 0 radical (unpaired) electrons.